The van der Waals surface area contributed by atoms with Gasteiger partial charge in [0.25, 0.3) is 6.43 Å². The molecule has 13 heavy (non-hydrogen) atoms. The van der Waals surface area contributed by atoms with E-state index in [9.17, 15) is 13.6 Å². The van der Waals surface area contributed by atoms with E-state index in [1.54, 1.807) is 0 Å². The summed E-state index contributed by atoms with van der Waals surface area (Å²) in [6.45, 7) is 0. The van der Waals surface area contributed by atoms with Gasteiger partial charge in [-0.15, -0.1) is 0 Å². The third-order valence-corrected chi connectivity index (χ3v) is 2.24. The van der Waals surface area contributed by atoms with Gasteiger partial charge in [-0.3, -0.25) is 4.79 Å². The van der Waals surface area contributed by atoms with Gasteiger partial charge >= 0.3 is 0 Å². The topological polar surface area (TPSA) is 30.0 Å². The van der Waals surface area contributed by atoms with Crippen LogP contribution in [0.1, 0.15) is 22.6 Å². The maximum absolute atomic E-state index is 12.2. The summed E-state index contributed by atoms with van der Waals surface area (Å²) < 4.78 is 24.7. The molecule has 0 radical (unpaired) electrons. The highest BCUT2D eigenvalue weighted by atomic mass is 79.9. The summed E-state index contributed by atoms with van der Waals surface area (Å²) in [7, 11) is 0. The molecule has 0 aromatic carbocycles. The maximum atomic E-state index is 12.2. The Hall–Kier alpha value is -0.550. The minimum Gasteiger partial charge on any atom is -0.296 e. The molecule has 0 N–H and O–H groups in total. The van der Waals surface area contributed by atoms with E-state index in [1.165, 1.54) is 6.07 Å². The normalized spacial score (nSPS) is 10.5. The molecule has 2 nitrogen and oxygen atoms in total. The van der Waals surface area contributed by atoms with Gasteiger partial charge in [0.15, 0.2) is 6.29 Å². The number of aldehydes is 1. The lowest BCUT2D eigenvalue weighted by Gasteiger charge is -2.03. The van der Waals surface area contributed by atoms with Crippen LogP contribution in [0.3, 0.4) is 0 Å². The van der Waals surface area contributed by atoms with Crippen LogP contribution in [0.15, 0.2) is 10.5 Å². The summed E-state index contributed by atoms with van der Waals surface area (Å²) in [6, 6.07) is 1.22. The average molecular weight is 270 g/mol. The summed E-state index contributed by atoms with van der Waals surface area (Å²) in [6.07, 6.45) is -2.40. The SMILES string of the molecule is O=Cc1nc(C(F)F)c(Cl)cc1Br. The van der Waals surface area contributed by atoms with Gasteiger partial charge in [0.2, 0.25) is 0 Å². The smallest absolute Gasteiger partial charge is 0.281 e. The number of halogens is 4. The molecule has 1 heterocycles. The van der Waals surface area contributed by atoms with Crippen LogP contribution in [0.4, 0.5) is 8.78 Å². The largest absolute Gasteiger partial charge is 0.296 e. The summed E-state index contributed by atoms with van der Waals surface area (Å²) in [5.41, 5.74) is -0.660. The summed E-state index contributed by atoms with van der Waals surface area (Å²) in [5, 5.41) is -0.160. The van der Waals surface area contributed by atoms with Crippen LogP contribution >= 0.6 is 27.5 Å². The zero-order chi connectivity index (χ0) is 10.0. The second-order valence-corrected chi connectivity index (χ2v) is 3.40. The van der Waals surface area contributed by atoms with Crippen LogP contribution in [0.2, 0.25) is 5.02 Å². The maximum Gasteiger partial charge on any atom is 0.281 e. The highest BCUT2D eigenvalue weighted by Crippen LogP contribution is 2.28. The molecule has 0 unspecified atom stereocenters. The molecule has 0 atom stereocenters. The summed E-state index contributed by atoms with van der Waals surface area (Å²) in [5.74, 6) is 0. The zero-order valence-corrected chi connectivity index (χ0v) is 8.44. The number of carbonyl (C=O) groups excluding carboxylic acids is 1. The fourth-order valence-electron chi connectivity index (χ4n) is 0.731. The quantitative estimate of drug-likeness (QED) is 0.772. The van der Waals surface area contributed by atoms with Crippen molar-refractivity contribution in [2.24, 2.45) is 0 Å². The Morgan fingerprint density at radius 2 is 2.23 bits per heavy atom. The molecule has 70 valence electrons. The molecule has 0 aliphatic rings. The van der Waals surface area contributed by atoms with Crippen molar-refractivity contribution in [3.63, 3.8) is 0 Å². The van der Waals surface area contributed by atoms with Crippen molar-refractivity contribution in [1.82, 2.24) is 4.98 Å². The third-order valence-electron chi connectivity index (χ3n) is 1.30. The van der Waals surface area contributed by atoms with E-state index in [-0.39, 0.29) is 10.7 Å². The third kappa shape index (κ3) is 2.22. The second kappa shape index (κ2) is 4.11. The Bertz CT molecular complexity index is 346. The van der Waals surface area contributed by atoms with E-state index in [0.717, 1.165) is 0 Å². The van der Waals surface area contributed by atoms with Gasteiger partial charge in [0, 0.05) is 4.47 Å². The predicted octanol–water partition coefficient (Wildman–Crippen LogP) is 3.25. The Balaban J connectivity index is 3.30. The Kier molecular flexibility index (Phi) is 3.33. The van der Waals surface area contributed by atoms with E-state index in [2.05, 4.69) is 20.9 Å². The van der Waals surface area contributed by atoms with Crippen LogP contribution in [-0.4, -0.2) is 11.3 Å². The monoisotopic (exact) mass is 269 g/mol. The minimum absolute atomic E-state index is 0.0836. The molecule has 0 fully saturated rings. The second-order valence-electron chi connectivity index (χ2n) is 2.14. The lowest BCUT2D eigenvalue weighted by Crippen LogP contribution is -1.97. The molecule has 0 spiro atoms. The molecule has 0 aliphatic carbocycles. The van der Waals surface area contributed by atoms with Crippen molar-refractivity contribution < 1.29 is 13.6 Å². The van der Waals surface area contributed by atoms with E-state index < -0.39 is 12.1 Å². The molecule has 0 bridgehead atoms. The van der Waals surface area contributed by atoms with Gasteiger partial charge in [-0.05, 0) is 22.0 Å². The van der Waals surface area contributed by atoms with Gasteiger partial charge in [-0.1, -0.05) is 11.6 Å². The molecular weight excluding hydrogens is 267 g/mol. The molecule has 0 saturated carbocycles. The van der Waals surface area contributed by atoms with Crippen LogP contribution in [0.25, 0.3) is 0 Å². The standard InChI is InChI=1S/C7H3BrClF2NO/c8-3-1-4(9)6(7(10)11)12-5(3)2-13/h1-2,7H. The Morgan fingerprint density at radius 3 is 2.69 bits per heavy atom. The number of rotatable bonds is 2. The molecule has 0 saturated heterocycles. The first-order valence-corrected chi connectivity index (χ1v) is 4.32. The predicted molar refractivity (Wildman–Crippen MR) is 47.3 cm³/mol. The number of aromatic nitrogens is 1. The number of pyridine rings is 1. The molecule has 1 rings (SSSR count). The number of hydrogen-bond acceptors (Lipinski definition) is 2. The molecule has 1 aromatic heterocycles. The van der Waals surface area contributed by atoms with Crippen molar-refractivity contribution in [3.05, 3.63) is 26.9 Å². The van der Waals surface area contributed by atoms with Gasteiger partial charge in [-0.2, -0.15) is 0 Å². The first-order valence-electron chi connectivity index (χ1n) is 3.15. The highest BCUT2D eigenvalue weighted by molar-refractivity contribution is 9.10. The van der Waals surface area contributed by atoms with Crippen LogP contribution in [0, 0.1) is 0 Å². The minimum atomic E-state index is -2.78. The van der Waals surface area contributed by atoms with Crippen LogP contribution in [0.5, 0.6) is 0 Å². The average Bonchev–Trinajstić information content (AvgIpc) is 2.03. The van der Waals surface area contributed by atoms with Gasteiger partial charge in [0.1, 0.15) is 11.4 Å². The molecule has 6 heteroatoms. The van der Waals surface area contributed by atoms with Gasteiger partial charge in [-0.25, -0.2) is 13.8 Å². The number of carbonyl (C=O) groups is 1. The molecule has 1 aromatic rings. The highest BCUT2D eigenvalue weighted by Gasteiger charge is 2.16. The van der Waals surface area contributed by atoms with Crippen molar-refractivity contribution in [3.8, 4) is 0 Å². The van der Waals surface area contributed by atoms with Crippen molar-refractivity contribution in [2.45, 2.75) is 6.43 Å². The lowest BCUT2D eigenvalue weighted by molar-refractivity contribution is 0.111. The lowest BCUT2D eigenvalue weighted by atomic mass is 10.3. The number of alkyl halides is 2. The first kappa shape index (κ1) is 10.5. The van der Waals surface area contributed by atoms with E-state index in [4.69, 9.17) is 11.6 Å². The fourth-order valence-corrected chi connectivity index (χ4v) is 1.51. The zero-order valence-electron chi connectivity index (χ0n) is 6.10. The van der Waals surface area contributed by atoms with E-state index in [1.807, 2.05) is 0 Å². The van der Waals surface area contributed by atoms with Gasteiger partial charge in [0.05, 0.1) is 5.02 Å². The van der Waals surface area contributed by atoms with Crippen molar-refractivity contribution in [1.29, 1.82) is 0 Å². The van der Waals surface area contributed by atoms with E-state index >= 15 is 0 Å². The van der Waals surface area contributed by atoms with Crippen LogP contribution in [-0.2, 0) is 0 Å². The number of nitrogens with zero attached hydrogens (tertiary/aromatic N) is 1. The number of hydrogen-bond donors (Lipinski definition) is 0. The van der Waals surface area contributed by atoms with Crippen molar-refractivity contribution in [2.75, 3.05) is 0 Å². The van der Waals surface area contributed by atoms with Crippen LogP contribution < -0.4 is 0 Å². The first-order chi connectivity index (χ1) is 6.06. The fraction of sp³-hybridized carbons (Fsp3) is 0.143. The molecular formula is C7H3BrClF2NO. The molecule has 0 amide bonds. The van der Waals surface area contributed by atoms with E-state index in [0.29, 0.717) is 10.8 Å². The molecule has 0 aliphatic heterocycles. The van der Waals surface area contributed by atoms with Crippen molar-refractivity contribution >= 4 is 33.8 Å². The Labute approximate surface area is 86.0 Å². The van der Waals surface area contributed by atoms with Gasteiger partial charge < -0.3 is 0 Å². The Morgan fingerprint density at radius 1 is 1.62 bits per heavy atom. The summed E-state index contributed by atoms with van der Waals surface area (Å²) in [4.78, 5) is 13.7. The summed E-state index contributed by atoms with van der Waals surface area (Å²) >= 11 is 8.43.